The van der Waals surface area contributed by atoms with Crippen LogP contribution in [0.3, 0.4) is 0 Å². The van der Waals surface area contributed by atoms with Crippen LogP contribution in [0.15, 0.2) is 23.1 Å². The summed E-state index contributed by atoms with van der Waals surface area (Å²) in [5.74, 6) is -0.252. The molecule has 1 saturated heterocycles. The standard InChI is InChI=1S/C14H21N3O4S/c1-10-4-5-11(7-13(10)22(15,20)21)16-14(19)9-17-6-2-3-12(18)8-17/h4-5,7,12,18H,2-3,6,8-9H2,1H3,(H,16,19)(H2,15,20,21). The molecule has 0 bridgehead atoms. The molecule has 1 aliphatic rings. The number of benzene rings is 1. The normalized spacial score (nSPS) is 19.9. The number of rotatable bonds is 4. The lowest BCUT2D eigenvalue weighted by molar-refractivity contribution is -0.118. The zero-order valence-electron chi connectivity index (χ0n) is 12.4. The van der Waals surface area contributed by atoms with Crippen LogP contribution in [0.25, 0.3) is 0 Å². The van der Waals surface area contributed by atoms with Crippen LogP contribution in [0.5, 0.6) is 0 Å². The number of aliphatic hydroxyl groups is 1. The first-order valence-corrected chi connectivity index (χ1v) is 8.64. The number of amides is 1. The molecule has 22 heavy (non-hydrogen) atoms. The number of carbonyl (C=O) groups excluding carboxylic acids is 1. The summed E-state index contributed by atoms with van der Waals surface area (Å²) < 4.78 is 22.9. The Morgan fingerprint density at radius 3 is 2.86 bits per heavy atom. The van der Waals surface area contributed by atoms with Gasteiger partial charge in [0, 0.05) is 12.2 Å². The van der Waals surface area contributed by atoms with Gasteiger partial charge in [-0.25, -0.2) is 13.6 Å². The summed E-state index contributed by atoms with van der Waals surface area (Å²) in [7, 11) is -3.82. The maximum Gasteiger partial charge on any atom is 0.238 e. The first-order chi connectivity index (χ1) is 10.3. The molecule has 0 aromatic heterocycles. The lowest BCUT2D eigenvalue weighted by Gasteiger charge is -2.29. The second-order valence-corrected chi connectivity index (χ2v) is 7.13. The number of β-amino-alcohol motifs (C(OH)–C–C–N with tert-alkyl or cyclic N) is 1. The van der Waals surface area contributed by atoms with Crippen molar-refractivity contribution < 1.29 is 18.3 Å². The van der Waals surface area contributed by atoms with E-state index in [1.807, 2.05) is 4.90 Å². The highest BCUT2D eigenvalue weighted by molar-refractivity contribution is 7.89. The molecule has 0 aliphatic carbocycles. The summed E-state index contributed by atoms with van der Waals surface area (Å²) >= 11 is 0. The summed E-state index contributed by atoms with van der Waals surface area (Å²) in [5.41, 5.74) is 0.914. The van der Waals surface area contributed by atoms with Gasteiger partial charge < -0.3 is 10.4 Å². The smallest absolute Gasteiger partial charge is 0.238 e. The summed E-state index contributed by atoms with van der Waals surface area (Å²) in [4.78, 5) is 13.9. The van der Waals surface area contributed by atoms with E-state index in [1.165, 1.54) is 6.07 Å². The third kappa shape index (κ3) is 4.51. The van der Waals surface area contributed by atoms with Gasteiger partial charge in [0.1, 0.15) is 0 Å². The van der Waals surface area contributed by atoms with Gasteiger partial charge in [0.15, 0.2) is 0 Å². The zero-order valence-corrected chi connectivity index (χ0v) is 13.3. The molecule has 0 radical (unpaired) electrons. The van der Waals surface area contributed by atoms with E-state index < -0.39 is 16.1 Å². The topological polar surface area (TPSA) is 113 Å². The first-order valence-electron chi connectivity index (χ1n) is 7.09. The van der Waals surface area contributed by atoms with Crippen LogP contribution in [0.1, 0.15) is 18.4 Å². The van der Waals surface area contributed by atoms with Crippen molar-refractivity contribution in [2.45, 2.75) is 30.8 Å². The number of nitrogens with zero attached hydrogens (tertiary/aromatic N) is 1. The number of primary sulfonamides is 1. The summed E-state index contributed by atoms with van der Waals surface area (Å²) in [6, 6.07) is 4.58. The van der Waals surface area contributed by atoms with Gasteiger partial charge in [0.2, 0.25) is 15.9 Å². The van der Waals surface area contributed by atoms with E-state index >= 15 is 0 Å². The largest absolute Gasteiger partial charge is 0.392 e. The molecule has 1 heterocycles. The van der Waals surface area contributed by atoms with Gasteiger partial charge in [-0.1, -0.05) is 6.07 Å². The van der Waals surface area contributed by atoms with Crippen molar-refractivity contribution in [2.24, 2.45) is 5.14 Å². The number of carbonyl (C=O) groups is 1. The van der Waals surface area contributed by atoms with Crippen LogP contribution in [0, 0.1) is 6.92 Å². The summed E-state index contributed by atoms with van der Waals surface area (Å²) in [5, 5.41) is 17.4. The predicted octanol–water partition coefficient (Wildman–Crippen LogP) is 0.0376. The van der Waals surface area contributed by atoms with Gasteiger partial charge in [-0.3, -0.25) is 9.69 Å². The van der Waals surface area contributed by atoms with Gasteiger partial charge in [-0.2, -0.15) is 0 Å². The average Bonchev–Trinajstić information content (AvgIpc) is 2.39. The number of nitrogens with two attached hydrogens (primary N) is 1. The third-order valence-corrected chi connectivity index (χ3v) is 4.68. The third-order valence-electron chi connectivity index (χ3n) is 3.63. The lowest BCUT2D eigenvalue weighted by atomic mass is 10.1. The number of hydrogen-bond donors (Lipinski definition) is 3. The van der Waals surface area contributed by atoms with Gasteiger partial charge in [-0.05, 0) is 44.0 Å². The van der Waals surface area contributed by atoms with Crippen molar-refractivity contribution in [1.29, 1.82) is 0 Å². The molecule has 1 aromatic carbocycles. The number of anilines is 1. The van der Waals surface area contributed by atoms with Crippen LogP contribution >= 0.6 is 0 Å². The van der Waals surface area contributed by atoms with Crippen molar-refractivity contribution in [2.75, 3.05) is 25.0 Å². The Morgan fingerprint density at radius 2 is 2.23 bits per heavy atom. The molecule has 1 atom stereocenters. The molecule has 0 saturated carbocycles. The maximum absolute atomic E-state index is 12.0. The number of nitrogens with one attached hydrogen (secondary N) is 1. The van der Waals surface area contributed by atoms with Gasteiger partial charge >= 0.3 is 0 Å². The van der Waals surface area contributed by atoms with E-state index in [9.17, 15) is 18.3 Å². The van der Waals surface area contributed by atoms with E-state index in [2.05, 4.69) is 5.32 Å². The molecule has 1 fully saturated rings. The number of likely N-dealkylation sites (tertiary alicyclic amines) is 1. The second-order valence-electron chi connectivity index (χ2n) is 5.60. The van der Waals surface area contributed by atoms with Crippen molar-refractivity contribution >= 4 is 21.6 Å². The second kappa shape index (κ2) is 6.74. The van der Waals surface area contributed by atoms with Crippen LogP contribution in [-0.4, -0.2) is 50.1 Å². The number of piperidine rings is 1. The Labute approximate surface area is 130 Å². The van der Waals surface area contributed by atoms with Crippen LogP contribution in [0.2, 0.25) is 0 Å². The van der Waals surface area contributed by atoms with E-state index in [1.54, 1.807) is 19.1 Å². The number of hydrogen-bond acceptors (Lipinski definition) is 5. The molecular weight excluding hydrogens is 306 g/mol. The van der Waals surface area contributed by atoms with Gasteiger partial charge in [0.05, 0.1) is 17.5 Å². The van der Waals surface area contributed by atoms with Crippen molar-refractivity contribution in [3.05, 3.63) is 23.8 Å². The fraction of sp³-hybridized carbons (Fsp3) is 0.500. The Hall–Kier alpha value is -1.48. The molecule has 122 valence electrons. The lowest BCUT2D eigenvalue weighted by Crippen LogP contribution is -2.42. The monoisotopic (exact) mass is 327 g/mol. The van der Waals surface area contributed by atoms with Crippen LogP contribution in [0.4, 0.5) is 5.69 Å². The number of sulfonamides is 1. The van der Waals surface area contributed by atoms with E-state index in [-0.39, 0.29) is 17.3 Å². The van der Waals surface area contributed by atoms with Crippen LogP contribution < -0.4 is 10.5 Å². The molecule has 1 amide bonds. The molecule has 1 aliphatic heterocycles. The van der Waals surface area contributed by atoms with Crippen molar-refractivity contribution in [1.82, 2.24) is 4.90 Å². The molecular formula is C14H21N3O4S. The molecule has 7 nitrogen and oxygen atoms in total. The Morgan fingerprint density at radius 1 is 1.50 bits per heavy atom. The molecule has 2 rings (SSSR count). The fourth-order valence-corrected chi connectivity index (χ4v) is 3.37. The van der Waals surface area contributed by atoms with E-state index in [4.69, 9.17) is 5.14 Å². The SMILES string of the molecule is Cc1ccc(NC(=O)CN2CCCC(O)C2)cc1S(N)(=O)=O. The molecule has 1 aromatic rings. The highest BCUT2D eigenvalue weighted by Gasteiger charge is 2.20. The maximum atomic E-state index is 12.0. The minimum atomic E-state index is -3.82. The fourth-order valence-electron chi connectivity index (χ4n) is 2.56. The Kier molecular flexibility index (Phi) is 5.17. The molecule has 8 heteroatoms. The van der Waals surface area contributed by atoms with Crippen LogP contribution in [-0.2, 0) is 14.8 Å². The highest BCUT2D eigenvalue weighted by atomic mass is 32.2. The first kappa shape index (κ1) is 16.9. The number of aryl methyl sites for hydroxylation is 1. The zero-order chi connectivity index (χ0) is 16.3. The molecule has 4 N–H and O–H groups in total. The average molecular weight is 327 g/mol. The van der Waals surface area contributed by atoms with Crippen molar-refractivity contribution in [3.8, 4) is 0 Å². The van der Waals surface area contributed by atoms with Gasteiger partial charge in [-0.15, -0.1) is 0 Å². The molecule has 1 unspecified atom stereocenters. The Balaban J connectivity index is 2.03. The predicted molar refractivity (Wildman–Crippen MR) is 82.9 cm³/mol. The summed E-state index contributed by atoms with van der Waals surface area (Å²) in [6.45, 7) is 3.04. The van der Waals surface area contributed by atoms with E-state index in [0.29, 0.717) is 17.8 Å². The highest BCUT2D eigenvalue weighted by Crippen LogP contribution is 2.19. The minimum absolute atomic E-state index is 0.00121. The number of aliphatic hydroxyl groups excluding tert-OH is 1. The molecule has 0 spiro atoms. The van der Waals surface area contributed by atoms with E-state index in [0.717, 1.165) is 19.4 Å². The minimum Gasteiger partial charge on any atom is -0.392 e. The quantitative estimate of drug-likeness (QED) is 0.722. The Bertz CT molecular complexity index is 660. The summed E-state index contributed by atoms with van der Waals surface area (Å²) in [6.07, 6.45) is 1.22. The van der Waals surface area contributed by atoms with Gasteiger partial charge in [0.25, 0.3) is 0 Å². The van der Waals surface area contributed by atoms with Crippen molar-refractivity contribution in [3.63, 3.8) is 0 Å².